The van der Waals surface area contributed by atoms with E-state index in [2.05, 4.69) is 5.32 Å². The molecule has 1 heterocycles. The Morgan fingerprint density at radius 3 is 2.60 bits per heavy atom. The van der Waals surface area contributed by atoms with Crippen molar-refractivity contribution in [2.45, 2.75) is 40.2 Å². The molecule has 0 aliphatic rings. The largest absolute Gasteiger partial charge is 0.483 e. The Kier molecular flexibility index (Phi) is 6.81. The van der Waals surface area contributed by atoms with Gasteiger partial charge >= 0.3 is 0 Å². The monoisotopic (exact) mass is 342 g/mol. The average Bonchev–Trinajstić information content (AvgIpc) is 2.58. The highest BCUT2D eigenvalue weighted by Crippen LogP contribution is 2.20. The van der Waals surface area contributed by atoms with Gasteiger partial charge in [-0.05, 0) is 56.9 Å². The number of aromatic nitrogens is 1. The third kappa shape index (κ3) is 5.48. The highest BCUT2D eigenvalue weighted by Gasteiger charge is 2.06. The molecule has 2 rings (SSSR count). The molecule has 5 heteroatoms. The second-order valence-electron chi connectivity index (χ2n) is 6.20. The van der Waals surface area contributed by atoms with Crippen LogP contribution in [0, 0.1) is 20.8 Å². The van der Waals surface area contributed by atoms with E-state index in [0.717, 1.165) is 35.4 Å². The minimum atomic E-state index is -0.131. The lowest BCUT2D eigenvalue weighted by atomic mass is 10.1. The Bertz CT molecular complexity index is 781. The van der Waals surface area contributed by atoms with E-state index >= 15 is 0 Å². The Balaban J connectivity index is 1.67. The fourth-order valence-electron chi connectivity index (χ4n) is 2.61. The van der Waals surface area contributed by atoms with Gasteiger partial charge in [0, 0.05) is 24.8 Å². The normalized spacial score (nSPS) is 10.5. The van der Waals surface area contributed by atoms with Crippen molar-refractivity contribution in [1.29, 1.82) is 0 Å². The molecule has 0 aliphatic carbocycles. The summed E-state index contributed by atoms with van der Waals surface area (Å²) in [4.78, 5) is 23.6. The number of amides is 1. The lowest BCUT2D eigenvalue weighted by molar-refractivity contribution is -0.123. The predicted molar refractivity (Wildman–Crippen MR) is 99.1 cm³/mol. The zero-order valence-corrected chi connectivity index (χ0v) is 15.2. The van der Waals surface area contributed by atoms with Crippen LogP contribution in [0.2, 0.25) is 0 Å². The second kappa shape index (κ2) is 9.06. The molecular weight excluding hydrogens is 316 g/mol. The van der Waals surface area contributed by atoms with Gasteiger partial charge in [-0.1, -0.05) is 18.2 Å². The molecule has 1 aromatic carbocycles. The molecule has 0 spiro atoms. The van der Waals surface area contributed by atoms with Crippen LogP contribution in [0.4, 0.5) is 0 Å². The van der Waals surface area contributed by atoms with Crippen molar-refractivity contribution in [3.05, 3.63) is 63.6 Å². The van der Waals surface area contributed by atoms with Crippen molar-refractivity contribution in [2.75, 3.05) is 13.2 Å². The Morgan fingerprint density at radius 2 is 1.84 bits per heavy atom. The maximum absolute atomic E-state index is 11.9. The molecule has 2 aromatic rings. The average molecular weight is 342 g/mol. The molecule has 0 bridgehead atoms. The third-order valence-corrected chi connectivity index (χ3v) is 4.31. The Hall–Kier alpha value is -2.56. The summed E-state index contributed by atoms with van der Waals surface area (Å²) >= 11 is 0. The highest BCUT2D eigenvalue weighted by molar-refractivity contribution is 5.77. The molecule has 1 aromatic heterocycles. The number of nitrogens with one attached hydrogen (secondary N) is 1. The van der Waals surface area contributed by atoms with E-state index in [4.69, 9.17) is 4.74 Å². The summed E-state index contributed by atoms with van der Waals surface area (Å²) in [7, 11) is 0. The van der Waals surface area contributed by atoms with E-state index in [9.17, 15) is 9.59 Å². The second-order valence-corrected chi connectivity index (χ2v) is 6.20. The van der Waals surface area contributed by atoms with Crippen LogP contribution in [0.5, 0.6) is 5.75 Å². The summed E-state index contributed by atoms with van der Waals surface area (Å²) in [6, 6.07) is 11.1. The number of hydrogen-bond acceptors (Lipinski definition) is 3. The van der Waals surface area contributed by atoms with Crippen LogP contribution in [0.25, 0.3) is 0 Å². The molecule has 0 fully saturated rings. The van der Waals surface area contributed by atoms with Crippen molar-refractivity contribution in [2.24, 2.45) is 0 Å². The molecule has 0 atom stereocenters. The number of pyridine rings is 1. The molecule has 0 radical (unpaired) electrons. The first kappa shape index (κ1) is 18.8. The van der Waals surface area contributed by atoms with E-state index in [1.165, 1.54) is 0 Å². The first-order valence-electron chi connectivity index (χ1n) is 8.61. The summed E-state index contributed by atoms with van der Waals surface area (Å²) < 4.78 is 7.34. The van der Waals surface area contributed by atoms with Crippen molar-refractivity contribution in [3.8, 4) is 5.75 Å². The van der Waals surface area contributed by atoms with E-state index in [1.54, 1.807) is 16.7 Å². The summed E-state index contributed by atoms with van der Waals surface area (Å²) in [5, 5.41) is 2.85. The van der Waals surface area contributed by atoms with E-state index in [0.29, 0.717) is 13.1 Å². The van der Waals surface area contributed by atoms with Gasteiger partial charge in [-0.15, -0.1) is 0 Å². The number of hydrogen-bond donors (Lipinski definition) is 1. The number of aryl methyl sites for hydroxylation is 2. The minimum Gasteiger partial charge on any atom is -0.483 e. The number of unbranched alkanes of at least 4 members (excludes halogenated alkanes) is 1. The summed E-state index contributed by atoms with van der Waals surface area (Å²) in [5.74, 6) is 0.614. The van der Waals surface area contributed by atoms with Gasteiger partial charge in [-0.3, -0.25) is 9.59 Å². The van der Waals surface area contributed by atoms with E-state index in [-0.39, 0.29) is 18.1 Å². The summed E-state index contributed by atoms with van der Waals surface area (Å²) in [6.07, 6.45) is 1.65. The molecule has 0 saturated heterocycles. The van der Waals surface area contributed by atoms with Gasteiger partial charge in [0.1, 0.15) is 5.75 Å². The van der Waals surface area contributed by atoms with E-state index in [1.807, 2.05) is 45.0 Å². The molecular formula is C20H26N2O3. The van der Waals surface area contributed by atoms with Gasteiger partial charge in [-0.2, -0.15) is 0 Å². The topological polar surface area (TPSA) is 60.3 Å². The molecule has 25 heavy (non-hydrogen) atoms. The Morgan fingerprint density at radius 1 is 1.08 bits per heavy atom. The van der Waals surface area contributed by atoms with Crippen LogP contribution in [0.15, 0.2) is 41.2 Å². The maximum Gasteiger partial charge on any atom is 0.257 e. The number of ether oxygens (including phenoxy) is 1. The van der Waals surface area contributed by atoms with Crippen molar-refractivity contribution in [3.63, 3.8) is 0 Å². The standard InChI is InChI=1S/C20H26N2O3/c1-15-8-6-10-18(17(15)3)25-14-19(23)21-12-4-5-13-22-16(2)9-7-11-20(22)24/h6-11H,4-5,12-14H2,1-3H3,(H,21,23). The van der Waals surface area contributed by atoms with Crippen LogP contribution in [0.1, 0.15) is 29.7 Å². The van der Waals surface area contributed by atoms with Gasteiger partial charge in [0.25, 0.3) is 11.5 Å². The van der Waals surface area contributed by atoms with Gasteiger partial charge in [-0.25, -0.2) is 0 Å². The molecule has 0 aliphatic heterocycles. The summed E-state index contributed by atoms with van der Waals surface area (Å²) in [5.41, 5.74) is 3.17. The van der Waals surface area contributed by atoms with Crippen molar-refractivity contribution >= 4 is 5.91 Å². The van der Waals surface area contributed by atoms with Crippen LogP contribution in [-0.4, -0.2) is 23.6 Å². The number of carbonyl (C=O) groups excluding carboxylic acids is 1. The molecule has 1 amide bonds. The van der Waals surface area contributed by atoms with Crippen molar-refractivity contribution < 1.29 is 9.53 Å². The quantitative estimate of drug-likeness (QED) is 0.751. The summed E-state index contributed by atoms with van der Waals surface area (Å²) in [6.45, 7) is 7.18. The van der Waals surface area contributed by atoms with Gasteiger partial charge < -0.3 is 14.6 Å². The smallest absolute Gasteiger partial charge is 0.257 e. The minimum absolute atomic E-state index is 0.0154. The molecule has 0 saturated carbocycles. The lowest BCUT2D eigenvalue weighted by Gasteiger charge is -2.11. The number of rotatable bonds is 8. The SMILES string of the molecule is Cc1cccc(OCC(=O)NCCCCn2c(C)cccc2=O)c1C. The van der Waals surface area contributed by atoms with Crippen LogP contribution < -0.4 is 15.6 Å². The fourth-order valence-corrected chi connectivity index (χ4v) is 2.61. The number of benzene rings is 1. The fraction of sp³-hybridized carbons (Fsp3) is 0.400. The first-order chi connectivity index (χ1) is 12.0. The first-order valence-corrected chi connectivity index (χ1v) is 8.61. The highest BCUT2D eigenvalue weighted by atomic mass is 16.5. The van der Waals surface area contributed by atoms with E-state index < -0.39 is 0 Å². The molecule has 5 nitrogen and oxygen atoms in total. The molecule has 134 valence electrons. The third-order valence-electron chi connectivity index (χ3n) is 4.31. The van der Waals surface area contributed by atoms with Crippen molar-refractivity contribution in [1.82, 2.24) is 9.88 Å². The van der Waals surface area contributed by atoms with Crippen LogP contribution >= 0.6 is 0 Å². The zero-order chi connectivity index (χ0) is 18.2. The lowest BCUT2D eigenvalue weighted by Crippen LogP contribution is -2.30. The molecule has 0 unspecified atom stereocenters. The van der Waals surface area contributed by atoms with Crippen LogP contribution in [0.3, 0.4) is 0 Å². The van der Waals surface area contributed by atoms with Crippen LogP contribution in [-0.2, 0) is 11.3 Å². The Labute approximate surface area is 148 Å². The number of carbonyl (C=O) groups is 1. The predicted octanol–water partition coefficient (Wildman–Crippen LogP) is 2.75. The zero-order valence-electron chi connectivity index (χ0n) is 15.2. The number of nitrogens with zero attached hydrogens (tertiary/aromatic N) is 1. The van der Waals surface area contributed by atoms with Gasteiger partial charge in [0.15, 0.2) is 6.61 Å². The maximum atomic E-state index is 11.9. The molecule has 1 N–H and O–H groups in total. The van der Waals surface area contributed by atoms with Gasteiger partial charge in [0.2, 0.25) is 0 Å². The van der Waals surface area contributed by atoms with Gasteiger partial charge in [0.05, 0.1) is 0 Å².